The second-order valence-electron chi connectivity index (χ2n) is 5.18. The van der Waals surface area contributed by atoms with Crippen molar-refractivity contribution in [1.82, 2.24) is 4.98 Å². The Kier molecular flexibility index (Phi) is 4.65. The Morgan fingerprint density at radius 1 is 1.17 bits per heavy atom. The van der Waals surface area contributed by atoms with Crippen molar-refractivity contribution in [2.24, 2.45) is 0 Å². The number of hydrogen-bond acceptors (Lipinski definition) is 4. The summed E-state index contributed by atoms with van der Waals surface area (Å²) in [7, 11) is 0. The Bertz CT molecular complexity index is 836. The molecule has 0 atom stereocenters. The van der Waals surface area contributed by atoms with E-state index in [0.29, 0.717) is 5.02 Å². The van der Waals surface area contributed by atoms with E-state index in [4.69, 9.17) is 21.4 Å². The summed E-state index contributed by atoms with van der Waals surface area (Å²) in [6, 6.07) is 15.4. The number of benzene rings is 2. The first kappa shape index (κ1) is 15.6. The van der Waals surface area contributed by atoms with Gasteiger partial charge in [-0.2, -0.15) is 0 Å². The van der Waals surface area contributed by atoms with Crippen molar-refractivity contribution in [1.29, 1.82) is 0 Å². The number of aromatic nitrogens is 1. The average Bonchev–Trinajstić information content (AvgIpc) is 2.56. The van der Waals surface area contributed by atoms with Gasteiger partial charge in [0.25, 0.3) is 0 Å². The molecule has 1 heterocycles. The third kappa shape index (κ3) is 3.55. The lowest BCUT2D eigenvalue weighted by Crippen LogP contribution is -2.02. The zero-order valence-corrected chi connectivity index (χ0v) is 13.5. The highest BCUT2D eigenvalue weighted by Gasteiger charge is 2.05. The van der Waals surface area contributed by atoms with Crippen molar-refractivity contribution < 1.29 is 9.84 Å². The maximum Gasteiger partial charge on any atom is 0.131 e. The van der Waals surface area contributed by atoms with E-state index in [2.05, 4.69) is 10.3 Å². The van der Waals surface area contributed by atoms with Gasteiger partial charge >= 0.3 is 0 Å². The molecule has 0 spiro atoms. The van der Waals surface area contributed by atoms with Crippen LogP contribution in [0.1, 0.15) is 5.56 Å². The first-order valence-electron chi connectivity index (χ1n) is 7.34. The van der Waals surface area contributed by atoms with Crippen LogP contribution in [0, 0.1) is 6.92 Å². The number of pyridine rings is 1. The summed E-state index contributed by atoms with van der Waals surface area (Å²) in [5.74, 6) is 1.47. The zero-order valence-electron chi connectivity index (χ0n) is 12.7. The third-order valence-electron chi connectivity index (χ3n) is 3.49. The molecule has 0 radical (unpaired) electrons. The molecule has 1 aromatic heterocycles. The van der Waals surface area contributed by atoms with Crippen molar-refractivity contribution in [3.8, 4) is 5.75 Å². The molecule has 0 aliphatic rings. The van der Waals surface area contributed by atoms with Crippen LogP contribution in [0.4, 0.5) is 11.5 Å². The fourth-order valence-corrected chi connectivity index (χ4v) is 2.57. The van der Waals surface area contributed by atoms with Crippen LogP contribution in [0.15, 0.2) is 48.5 Å². The van der Waals surface area contributed by atoms with Crippen molar-refractivity contribution in [3.05, 3.63) is 59.1 Å². The minimum absolute atomic E-state index is 0.000812. The molecular formula is C18H17ClN2O2. The average molecular weight is 329 g/mol. The highest BCUT2D eigenvalue weighted by atomic mass is 35.5. The second-order valence-corrected chi connectivity index (χ2v) is 5.59. The summed E-state index contributed by atoms with van der Waals surface area (Å²) in [5.41, 5.74) is 2.75. The molecule has 0 saturated carbocycles. The molecule has 23 heavy (non-hydrogen) atoms. The molecule has 0 unspecified atom stereocenters. The van der Waals surface area contributed by atoms with Crippen molar-refractivity contribution in [3.63, 3.8) is 0 Å². The number of para-hydroxylation sites is 1. The monoisotopic (exact) mass is 328 g/mol. The zero-order chi connectivity index (χ0) is 16.2. The van der Waals surface area contributed by atoms with Gasteiger partial charge in [0.05, 0.1) is 17.1 Å². The maximum absolute atomic E-state index is 8.80. The number of nitrogens with zero attached hydrogens (tertiary/aromatic N) is 1. The minimum atomic E-state index is 0.000812. The molecule has 2 N–H and O–H groups in total. The van der Waals surface area contributed by atoms with Crippen LogP contribution in [0.25, 0.3) is 10.9 Å². The normalized spacial score (nSPS) is 10.7. The van der Waals surface area contributed by atoms with E-state index in [1.54, 1.807) is 0 Å². The number of ether oxygens (including phenoxy) is 1. The van der Waals surface area contributed by atoms with Gasteiger partial charge in [0.15, 0.2) is 0 Å². The molecule has 0 aliphatic heterocycles. The standard InChI is InChI=1S/C18H17ClN2O2/c1-12-11-14(23-10-9-22)6-7-16(12)20-17-8-5-13-3-2-4-15(19)18(13)21-17/h2-8,11,22H,9-10H2,1H3,(H,20,21). The summed E-state index contributed by atoms with van der Waals surface area (Å²) in [6.45, 7) is 2.28. The SMILES string of the molecule is Cc1cc(OCCO)ccc1Nc1ccc2cccc(Cl)c2n1. The molecule has 0 bridgehead atoms. The Hall–Kier alpha value is -2.30. The molecule has 3 rings (SSSR count). The van der Waals surface area contributed by atoms with Crippen LogP contribution in [0.5, 0.6) is 5.75 Å². The quantitative estimate of drug-likeness (QED) is 0.732. The number of rotatable bonds is 5. The largest absolute Gasteiger partial charge is 0.491 e. The van der Waals surface area contributed by atoms with E-state index in [1.165, 1.54) is 0 Å². The number of nitrogens with one attached hydrogen (secondary N) is 1. The molecule has 118 valence electrons. The molecular weight excluding hydrogens is 312 g/mol. The van der Waals surface area contributed by atoms with Gasteiger partial charge in [0.1, 0.15) is 18.2 Å². The molecule has 0 aliphatic carbocycles. The second kappa shape index (κ2) is 6.86. The lowest BCUT2D eigenvalue weighted by molar-refractivity contribution is 0.201. The number of anilines is 2. The molecule has 4 nitrogen and oxygen atoms in total. The predicted molar refractivity (Wildman–Crippen MR) is 93.8 cm³/mol. The van der Waals surface area contributed by atoms with Crippen molar-refractivity contribution in [2.45, 2.75) is 6.92 Å². The van der Waals surface area contributed by atoms with Crippen LogP contribution in [0.3, 0.4) is 0 Å². The predicted octanol–water partition coefficient (Wildman–Crippen LogP) is 4.31. The van der Waals surface area contributed by atoms with Gasteiger partial charge in [-0.25, -0.2) is 4.98 Å². The Balaban J connectivity index is 1.85. The van der Waals surface area contributed by atoms with Gasteiger partial charge in [-0.1, -0.05) is 23.7 Å². The summed E-state index contributed by atoms with van der Waals surface area (Å²) in [5, 5.41) is 13.7. The summed E-state index contributed by atoms with van der Waals surface area (Å²) in [6.07, 6.45) is 0. The van der Waals surface area contributed by atoms with E-state index in [1.807, 2.05) is 55.5 Å². The molecule has 0 saturated heterocycles. The van der Waals surface area contributed by atoms with E-state index in [9.17, 15) is 0 Å². The van der Waals surface area contributed by atoms with E-state index in [0.717, 1.165) is 33.7 Å². The van der Waals surface area contributed by atoms with Gasteiger partial charge in [-0.15, -0.1) is 0 Å². The molecule has 0 amide bonds. The van der Waals surface area contributed by atoms with Gasteiger partial charge in [-0.3, -0.25) is 0 Å². The topological polar surface area (TPSA) is 54.4 Å². The van der Waals surface area contributed by atoms with Crippen molar-refractivity contribution in [2.75, 3.05) is 18.5 Å². The van der Waals surface area contributed by atoms with Crippen LogP contribution >= 0.6 is 11.6 Å². The Labute approximate surface area is 139 Å². The Morgan fingerprint density at radius 3 is 2.83 bits per heavy atom. The fraction of sp³-hybridized carbons (Fsp3) is 0.167. The summed E-state index contributed by atoms with van der Waals surface area (Å²) >= 11 is 6.21. The van der Waals surface area contributed by atoms with E-state index in [-0.39, 0.29) is 13.2 Å². The number of hydrogen-bond donors (Lipinski definition) is 2. The highest BCUT2D eigenvalue weighted by molar-refractivity contribution is 6.35. The summed E-state index contributed by atoms with van der Waals surface area (Å²) in [4.78, 5) is 4.58. The van der Waals surface area contributed by atoms with Crippen LogP contribution < -0.4 is 10.1 Å². The van der Waals surface area contributed by atoms with Crippen LogP contribution in [-0.4, -0.2) is 23.3 Å². The molecule has 0 fully saturated rings. The lowest BCUT2D eigenvalue weighted by atomic mass is 10.2. The first-order chi connectivity index (χ1) is 11.2. The van der Waals surface area contributed by atoms with Crippen LogP contribution in [0.2, 0.25) is 5.02 Å². The first-order valence-corrected chi connectivity index (χ1v) is 7.72. The van der Waals surface area contributed by atoms with Crippen molar-refractivity contribution >= 4 is 34.0 Å². The maximum atomic E-state index is 8.80. The smallest absolute Gasteiger partial charge is 0.131 e. The lowest BCUT2D eigenvalue weighted by Gasteiger charge is -2.12. The minimum Gasteiger partial charge on any atom is -0.491 e. The van der Waals surface area contributed by atoms with Crippen LogP contribution in [-0.2, 0) is 0 Å². The Morgan fingerprint density at radius 2 is 2.04 bits per heavy atom. The van der Waals surface area contributed by atoms with E-state index >= 15 is 0 Å². The molecule has 2 aromatic carbocycles. The number of aryl methyl sites for hydroxylation is 1. The number of halogens is 1. The number of aliphatic hydroxyl groups excluding tert-OH is 1. The number of aliphatic hydroxyl groups is 1. The fourth-order valence-electron chi connectivity index (χ4n) is 2.35. The van der Waals surface area contributed by atoms with Gasteiger partial charge in [0, 0.05) is 11.1 Å². The van der Waals surface area contributed by atoms with Gasteiger partial charge in [-0.05, 0) is 48.9 Å². The van der Waals surface area contributed by atoms with Gasteiger partial charge < -0.3 is 15.2 Å². The summed E-state index contributed by atoms with van der Waals surface area (Å²) < 4.78 is 5.40. The third-order valence-corrected chi connectivity index (χ3v) is 3.80. The molecule has 3 aromatic rings. The number of fused-ring (bicyclic) bond motifs is 1. The highest BCUT2D eigenvalue weighted by Crippen LogP contribution is 2.27. The molecule has 5 heteroatoms. The van der Waals surface area contributed by atoms with E-state index < -0.39 is 0 Å². The van der Waals surface area contributed by atoms with Gasteiger partial charge in [0.2, 0.25) is 0 Å².